The largest absolute Gasteiger partial charge is 0.381 e. The first kappa shape index (κ1) is 29.3. The van der Waals surface area contributed by atoms with Crippen molar-refractivity contribution in [2.45, 2.75) is 57.5 Å². The Kier molecular flexibility index (Phi) is 13.8. The molecule has 12 heteroatoms. The molecule has 0 spiro atoms. The zero-order chi connectivity index (χ0) is 25.4. The maximum atomic E-state index is 12.0. The van der Waals surface area contributed by atoms with Crippen molar-refractivity contribution in [2.75, 3.05) is 25.2 Å². The molecular weight excluding hydrogens is 462 g/mol. The molecule has 2 amide bonds. The summed E-state index contributed by atoms with van der Waals surface area (Å²) in [6, 6.07) is 6.93. The molecule has 0 saturated carbocycles. The average Bonchev–Trinajstić information content (AvgIpc) is 2.78. The molecule has 0 saturated heterocycles. The van der Waals surface area contributed by atoms with E-state index in [1.807, 2.05) is 18.2 Å². The number of carbonyl (C=O) groups excluding carboxylic acids is 2. The van der Waals surface area contributed by atoms with Gasteiger partial charge in [0, 0.05) is 25.9 Å². The maximum absolute atomic E-state index is 12.0. The van der Waals surface area contributed by atoms with Crippen LogP contribution in [0.15, 0.2) is 29.3 Å². The zero-order valence-electron chi connectivity index (χ0n) is 19.7. The summed E-state index contributed by atoms with van der Waals surface area (Å²) >= 11 is 0. The van der Waals surface area contributed by atoms with Crippen LogP contribution in [0.1, 0.15) is 49.7 Å². The highest BCUT2D eigenvalue weighted by Crippen LogP contribution is 2.13. The van der Waals surface area contributed by atoms with Gasteiger partial charge >= 0.3 is 0 Å². The molecule has 1 atom stereocenters. The Morgan fingerprint density at radius 3 is 2.35 bits per heavy atom. The molecule has 0 heterocycles. The van der Waals surface area contributed by atoms with E-state index in [0.717, 1.165) is 31.1 Å². The Labute approximate surface area is 201 Å². The van der Waals surface area contributed by atoms with Crippen molar-refractivity contribution in [3.05, 3.63) is 35.4 Å². The van der Waals surface area contributed by atoms with E-state index >= 15 is 0 Å². The predicted octanol–water partition coefficient (Wildman–Crippen LogP) is 0.395. The summed E-state index contributed by atoms with van der Waals surface area (Å²) in [5.74, 6) is -1.44. The first-order valence-electron chi connectivity index (χ1n) is 11.2. The molecule has 0 aliphatic heterocycles. The lowest BCUT2D eigenvalue weighted by Gasteiger charge is -2.16. The van der Waals surface area contributed by atoms with E-state index in [9.17, 15) is 18.0 Å². The number of nitrogens with zero attached hydrogens (tertiary/aromatic N) is 1. The highest BCUT2D eigenvalue weighted by Gasteiger charge is 2.21. The molecule has 7 N–H and O–H groups in total. The molecule has 0 bridgehead atoms. The van der Waals surface area contributed by atoms with Gasteiger partial charge in [-0.3, -0.25) is 14.8 Å². The Balaban J connectivity index is 2.19. The molecule has 11 nitrogen and oxygen atoms in total. The molecule has 34 heavy (non-hydrogen) atoms. The first-order valence-corrected chi connectivity index (χ1v) is 13.3. The van der Waals surface area contributed by atoms with E-state index in [0.29, 0.717) is 32.6 Å². The number of ether oxygens (including phenoxy) is 1. The summed E-state index contributed by atoms with van der Waals surface area (Å²) in [6.07, 6.45) is 5.10. The SMILES string of the molecule is CS(=O)(=O)CC[C@@H](NC(=O)CCCCOCCCCc1ccccc1CN=C(N)N)C(=O)NO. The summed E-state index contributed by atoms with van der Waals surface area (Å²) in [6.45, 7) is 1.60. The maximum Gasteiger partial charge on any atom is 0.265 e. The van der Waals surface area contributed by atoms with Crippen LogP contribution < -0.4 is 22.3 Å². The number of aryl methyl sites for hydroxylation is 1. The summed E-state index contributed by atoms with van der Waals surface area (Å²) in [5.41, 5.74) is 14.6. The number of benzene rings is 1. The highest BCUT2D eigenvalue weighted by atomic mass is 32.2. The topological polar surface area (TPSA) is 186 Å². The van der Waals surface area contributed by atoms with Gasteiger partial charge in [-0.1, -0.05) is 24.3 Å². The molecule has 1 rings (SSSR count). The fourth-order valence-corrected chi connectivity index (χ4v) is 3.85. The molecule has 1 aromatic rings. The van der Waals surface area contributed by atoms with Crippen LogP contribution in [0.3, 0.4) is 0 Å². The zero-order valence-corrected chi connectivity index (χ0v) is 20.5. The van der Waals surface area contributed by atoms with Crippen LogP contribution in [-0.4, -0.2) is 62.7 Å². The van der Waals surface area contributed by atoms with Crippen molar-refractivity contribution in [3.8, 4) is 0 Å². The second-order valence-electron chi connectivity index (χ2n) is 8.05. The van der Waals surface area contributed by atoms with Gasteiger partial charge in [0.1, 0.15) is 15.9 Å². The van der Waals surface area contributed by atoms with Gasteiger partial charge in [0.2, 0.25) is 5.91 Å². The lowest BCUT2D eigenvalue weighted by molar-refractivity contribution is -0.134. The predicted molar refractivity (Wildman–Crippen MR) is 130 cm³/mol. The lowest BCUT2D eigenvalue weighted by atomic mass is 10.0. The summed E-state index contributed by atoms with van der Waals surface area (Å²) < 4.78 is 28.2. The molecule has 0 aliphatic rings. The Hall–Kier alpha value is -2.70. The van der Waals surface area contributed by atoms with Crippen LogP contribution in [0, 0.1) is 0 Å². The van der Waals surface area contributed by atoms with Gasteiger partial charge in [-0.25, -0.2) is 18.9 Å². The van der Waals surface area contributed by atoms with E-state index in [2.05, 4.69) is 16.4 Å². The number of hydroxylamine groups is 1. The van der Waals surface area contributed by atoms with E-state index in [-0.39, 0.29) is 30.5 Å². The summed E-state index contributed by atoms with van der Waals surface area (Å²) in [4.78, 5) is 27.7. The minimum atomic E-state index is -3.30. The third-order valence-corrected chi connectivity index (χ3v) is 5.99. The number of sulfone groups is 1. The lowest BCUT2D eigenvalue weighted by Crippen LogP contribution is -2.46. The van der Waals surface area contributed by atoms with Crippen molar-refractivity contribution in [2.24, 2.45) is 16.5 Å². The van der Waals surface area contributed by atoms with Crippen LogP contribution in [-0.2, 0) is 37.1 Å². The van der Waals surface area contributed by atoms with Crippen LogP contribution in [0.25, 0.3) is 0 Å². The molecule has 0 radical (unpaired) electrons. The molecule has 0 fully saturated rings. The number of nitrogens with two attached hydrogens (primary N) is 2. The van der Waals surface area contributed by atoms with Crippen molar-refractivity contribution >= 4 is 27.6 Å². The second kappa shape index (κ2) is 16.0. The number of rotatable bonds is 17. The quantitative estimate of drug-likeness (QED) is 0.0669. The van der Waals surface area contributed by atoms with Crippen LogP contribution >= 0.6 is 0 Å². The Morgan fingerprint density at radius 2 is 1.74 bits per heavy atom. The number of hydrogen-bond donors (Lipinski definition) is 5. The van der Waals surface area contributed by atoms with Crippen LogP contribution in [0.4, 0.5) is 0 Å². The Morgan fingerprint density at radius 1 is 1.09 bits per heavy atom. The van der Waals surface area contributed by atoms with Gasteiger partial charge < -0.3 is 21.5 Å². The van der Waals surface area contributed by atoms with Gasteiger partial charge in [0.15, 0.2) is 5.96 Å². The van der Waals surface area contributed by atoms with Gasteiger partial charge in [0.25, 0.3) is 5.91 Å². The fourth-order valence-electron chi connectivity index (χ4n) is 3.19. The normalized spacial score (nSPS) is 12.1. The van der Waals surface area contributed by atoms with Gasteiger partial charge in [-0.2, -0.15) is 0 Å². The molecule has 0 unspecified atom stereocenters. The highest BCUT2D eigenvalue weighted by molar-refractivity contribution is 7.90. The number of amides is 2. The number of hydrogen-bond acceptors (Lipinski definition) is 7. The minimum absolute atomic E-state index is 0.0723. The summed E-state index contributed by atoms with van der Waals surface area (Å²) in [5, 5.41) is 11.2. The number of unbranched alkanes of at least 4 members (excludes halogenated alkanes) is 2. The molecule has 0 aromatic heterocycles. The Bertz CT molecular complexity index is 903. The van der Waals surface area contributed by atoms with Gasteiger partial charge in [0.05, 0.1) is 12.3 Å². The van der Waals surface area contributed by atoms with E-state index in [1.54, 1.807) is 0 Å². The fraction of sp³-hybridized carbons (Fsp3) is 0.591. The third-order valence-electron chi connectivity index (χ3n) is 5.02. The van der Waals surface area contributed by atoms with Crippen molar-refractivity contribution in [1.82, 2.24) is 10.8 Å². The molecule has 0 aliphatic carbocycles. The smallest absolute Gasteiger partial charge is 0.265 e. The number of carbonyl (C=O) groups is 2. The minimum Gasteiger partial charge on any atom is -0.381 e. The van der Waals surface area contributed by atoms with Gasteiger partial charge in [-0.15, -0.1) is 0 Å². The number of aliphatic imine (C=N–C) groups is 1. The first-order chi connectivity index (χ1) is 16.1. The van der Waals surface area contributed by atoms with Gasteiger partial charge in [-0.05, 0) is 49.7 Å². The number of guanidine groups is 1. The van der Waals surface area contributed by atoms with Crippen molar-refractivity contribution in [1.29, 1.82) is 0 Å². The average molecular weight is 500 g/mol. The van der Waals surface area contributed by atoms with Crippen molar-refractivity contribution in [3.63, 3.8) is 0 Å². The number of nitrogens with one attached hydrogen (secondary N) is 2. The third kappa shape index (κ3) is 13.8. The molecule has 1 aromatic carbocycles. The van der Waals surface area contributed by atoms with E-state index in [1.165, 1.54) is 11.0 Å². The van der Waals surface area contributed by atoms with Crippen LogP contribution in [0.5, 0.6) is 0 Å². The second-order valence-corrected chi connectivity index (χ2v) is 10.3. The molecule has 192 valence electrons. The standard InChI is InChI=1S/C22H37N5O6S/c1-34(31,32)15-12-19(21(29)27-30)26-20(28)11-5-7-14-33-13-6-4-9-17-8-2-3-10-18(17)16-25-22(23)24/h2-3,8,10,19,30H,4-7,9,11-16H2,1H3,(H,26,28)(H,27,29)(H4,23,24,25)/t19-/m1/s1. The monoisotopic (exact) mass is 499 g/mol. The van der Waals surface area contributed by atoms with E-state index in [4.69, 9.17) is 21.4 Å². The molecular formula is C22H37N5O6S. The van der Waals surface area contributed by atoms with E-state index < -0.39 is 21.8 Å². The van der Waals surface area contributed by atoms with Crippen molar-refractivity contribution < 1.29 is 28.0 Å². The van der Waals surface area contributed by atoms with Crippen LogP contribution in [0.2, 0.25) is 0 Å². The summed E-state index contributed by atoms with van der Waals surface area (Å²) in [7, 11) is -3.30.